The van der Waals surface area contributed by atoms with Crippen LogP contribution in [0.25, 0.3) is 11.1 Å². The monoisotopic (exact) mass is 240 g/mol. The summed E-state index contributed by atoms with van der Waals surface area (Å²) in [7, 11) is 0. The topological polar surface area (TPSA) is 72.3 Å². The summed E-state index contributed by atoms with van der Waals surface area (Å²) in [5.41, 5.74) is 8.34. The lowest BCUT2D eigenvalue weighted by molar-refractivity contribution is 0.471. The summed E-state index contributed by atoms with van der Waals surface area (Å²) in [5.74, 6) is 0.626. The fourth-order valence-corrected chi connectivity index (χ4v) is 1.88. The third-order valence-corrected chi connectivity index (χ3v) is 2.81. The fraction of sp³-hybridized carbons (Fsp3) is 0.0714. The Kier molecular flexibility index (Phi) is 2.50. The van der Waals surface area contributed by atoms with Gasteiger partial charge in [0, 0.05) is 0 Å². The van der Waals surface area contributed by atoms with Crippen molar-refractivity contribution in [1.29, 1.82) is 0 Å². The number of hydrogen-bond donors (Lipinski definition) is 2. The summed E-state index contributed by atoms with van der Waals surface area (Å²) < 4.78 is 5.61. The van der Waals surface area contributed by atoms with Crippen LogP contribution in [-0.2, 0) is 0 Å². The fourth-order valence-electron chi connectivity index (χ4n) is 1.88. The number of nitrogens with zero attached hydrogens (tertiary/aromatic N) is 1. The van der Waals surface area contributed by atoms with Crippen molar-refractivity contribution >= 4 is 11.1 Å². The molecule has 1 atom stereocenters. The molecule has 0 fully saturated rings. The smallest absolute Gasteiger partial charge is 0.217 e. The van der Waals surface area contributed by atoms with E-state index in [1.54, 1.807) is 18.2 Å². The normalized spacial score (nSPS) is 12.7. The minimum atomic E-state index is -0.482. The van der Waals surface area contributed by atoms with Gasteiger partial charge in [0.2, 0.25) is 5.89 Å². The highest BCUT2D eigenvalue weighted by atomic mass is 16.3. The van der Waals surface area contributed by atoms with E-state index in [2.05, 4.69) is 4.98 Å². The summed E-state index contributed by atoms with van der Waals surface area (Å²) in [4.78, 5) is 4.35. The molecule has 2 aromatic carbocycles. The molecule has 0 bridgehead atoms. The molecule has 1 aromatic heterocycles. The van der Waals surface area contributed by atoms with Gasteiger partial charge in [0.25, 0.3) is 0 Å². The predicted molar refractivity (Wildman–Crippen MR) is 68.1 cm³/mol. The standard InChI is InChI=1S/C14H12N2O2/c15-13(9-4-3-5-10(17)8-9)14-16-11-6-1-2-7-12(11)18-14/h1-8,13,17H,15H2. The van der Waals surface area contributed by atoms with Gasteiger partial charge in [-0.2, -0.15) is 0 Å². The van der Waals surface area contributed by atoms with Crippen LogP contribution in [0.15, 0.2) is 52.9 Å². The van der Waals surface area contributed by atoms with Gasteiger partial charge in [0.1, 0.15) is 17.3 Å². The first-order valence-electron chi connectivity index (χ1n) is 5.64. The Balaban J connectivity index is 2.03. The van der Waals surface area contributed by atoms with Gasteiger partial charge in [0.05, 0.1) is 0 Å². The van der Waals surface area contributed by atoms with E-state index < -0.39 is 6.04 Å². The van der Waals surface area contributed by atoms with E-state index in [0.29, 0.717) is 11.5 Å². The lowest BCUT2D eigenvalue weighted by Gasteiger charge is -2.07. The zero-order chi connectivity index (χ0) is 12.5. The first kappa shape index (κ1) is 10.8. The molecule has 0 aliphatic rings. The zero-order valence-electron chi connectivity index (χ0n) is 9.58. The van der Waals surface area contributed by atoms with Crippen LogP contribution in [0.5, 0.6) is 5.75 Å². The average molecular weight is 240 g/mol. The molecule has 1 heterocycles. The summed E-state index contributed by atoms with van der Waals surface area (Å²) in [6, 6.07) is 13.8. The van der Waals surface area contributed by atoms with E-state index >= 15 is 0 Å². The molecule has 3 N–H and O–H groups in total. The predicted octanol–water partition coefficient (Wildman–Crippen LogP) is 2.58. The third-order valence-electron chi connectivity index (χ3n) is 2.81. The van der Waals surface area contributed by atoms with Gasteiger partial charge in [-0.3, -0.25) is 0 Å². The molecule has 3 aromatic rings. The number of aromatic hydroxyl groups is 1. The number of aromatic nitrogens is 1. The highest BCUT2D eigenvalue weighted by molar-refractivity contribution is 5.72. The van der Waals surface area contributed by atoms with Crippen LogP contribution in [0.3, 0.4) is 0 Å². The summed E-state index contributed by atoms with van der Waals surface area (Å²) in [5, 5.41) is 9.44. The molecule has 0 spiro atoms. The van der Waals surface area contributed by atoms with Crippen LogP contribution < -0.4 is 5.73 Å². The van der Waals surface area contributed by atoms with E-state index in [9.17, 15) is 5.11 Å². The Hall–Kier alpha value is -2.33. The molecule has 0 radical (unpaired) electrons. The van der Waals surface area contributed by atoms with Crippen molar-refractivity contribution in [3.63, 3.8) is 0 Å². The van der Waals surface area contributed by atoms with E-state index in [1.165, 1.54) is 0 Å². The Morgan fingerprint density at radius 3 is 2.72 bits per heavy atom. The quantitative estimate of drug-likeness (QED) is 0.722. The average Bonchev–Trinajstić information content (AvgIpc) is 2.81. The molecule has 18 heavy (non-hydrogen) atoms. The highest BCUT2D eigenvalue weighted by Crippen LogP contribution is 2.25. The number of benzene rings is 2. The molecule has 0 aliphatic heterocycles. The molecule has 0 aliphatic carbocycles. The molecule has 1 unspecified atom stereocenters. The van der Waals surface area contributed by atoms with E-state index in [0.717, 1.165) is 11.1 Å². The first-order chi connectivity index (χ1) is 8.74. The highest BCUT2D eigenvalue weighted by Gasteiger charge is 2.16. The van der Waals surface area contributed by atoms with Gasteiger partial charge >= 0.3 is 0 Å². The van der Waals surface area contributed by atoms with Crippen LogP contribution in [0.1, 0.15) is 17.5 Å². The van der Waals surface area contributed by atoms with Gasteiger partial charge in [0.15, 0.2) is 5.58 Å². The number of fused-ring (bicyclic) bond motifs is 1. The van der Waals surface area contributed by atoms with Crippen molar-refractivity contribution < 1.29 is 9.52 Å². The number of hydrogen-bond acceptors (Lipinski definition) is 4. The molecule has 0 saturated carbocycles. The minimum absolute atomic E-state index is 0.180. The minimum Gasteiger partial charge on any atom is -0.508 e. The maximum atomic E-state index is 9.44. The second-order valence-electron chi connectivity index (χ2n) is 4.09. The van der Waals surface area contributed by atoms with Crippen molar-refractivity contribution in [3.05, 3.63) is 60.0 Å². The summed E-state index contributed by atoms with van der Waals surface area (Å²) in [6.07, 6.45) is 0. The summed E-state index contributed by atoms with van der Waals surface area (Å²) in [6.45, 7) is 0. The molecular weight excluding hydrogens is 228 g/mol. The first-order valence-corrected chi connectivity index (χ1v) is 5.64. The molecule has 90 valence electrons. The number of oxazole rings is 1. The van der Waals surface area contributed by atoms with Gasteiger partial charge < -0.3 is 15.3 Å². The number of phenolic OH excluding ortho intramolecular Hbond substituents is 1. The Morgan fingerprint density at radius 2 is 1.94 bits per heavy atom. The van der Waals surface area contributed by atoms with Gasteiger partial charge in [-0.05, 0) is 29.8 Å². The number of rotatable bonds is 2. The van der Waals surface area contributed by atoms with Crippen LogP contribution >= 0.6 is 0 Å². The summed E-state index contributed by atoms with van der Waals surface area (Å²) >= 11 is 0. The lowest BCUT2D eigenvalue weighted by Crippen LogP contribution is -2.11. The van der Waals surface area contributed by atoms with Crippen LogP contribution in [0.4, 0.5) is 0 Å². The van der Waals surface area contributed by atoms with Gasteiger partial charge in [-0.1, -0.05) is 24.3 Å². The Morgan fingerprint density at radius 1 is 1.11 bits per heavy atom. The number of nitrogens with two attached hydrogens (primary N) is 1. The maximum Gasteiger partial charge on any atom is 0.217 e. The number of phenols is 1. The maximum absolute atomic E-state index is 9.44. The molecule has 0 saturated heterocycles. The van der Waals surface area contributed by atoms with Crippen molar-refractivity contribution in [1.82, 2.24) is 4.98 Å². The molecule has 4 heteroatoms. The van der Waals surface area contributed by atoms with Crippen molar-refractivity contribution in [3.8, 4) is 5.75 Å². The Bertz CT molecular complexity index is 658. The second-order valence-corrected chi connectivity index (χ2v) is 4.09. The second kappa shape index (κ2) is 4.16. The lowest BCUT2D eigenvalue weighted by atomic mass is 10.1. The SMILES string of the molecule is NC(c1cccc(O)c1)c1nc2ccccc2o1. The van der Waals surface area contributed by atoms with Crippen molar-refractivity contribution in [2.45, 2.75) is 6.04 Å². The van der Waals surface area contributed by atoms with Crippen molar-refractivity contribution in [2.24, 2.45) is 5.73 Å². The van der Waals surface area contributed by atoms with Crippen LogP contribution in [-0.4, -0.2) is 10.1 Å². The molecule has 4 nitrogen and oxygen atoms in total. The van der Waals surface area contributed by atoms with Crippen molar-refractivity contribution in [2.75, 3.05) is 0 Å². The van der Waals surface area contributed by atoms with Crippen LogP contribution in [0.2, 0.25) is 0 Å². The van der Waals surface area contributed by atoms with Gasteiger partial charge in [-0.25, -0.2) is 4.98 Å². The zero-order valence-corrected chi connectivity index (χ0v) is 9.58. The number of para-hydroxylation sites is 2. The van der Waals surface area contributed by atoms with Gasteiger partial charge in [-0.15, -0.1) is 0 Å². The Labute approximate surface area is 104 Å². The van der Waals surface area contributed by atoms with E-state index in [4.69, 9.17) is 10.2 Å². The van der Waals surface area contributed by atoms with E-state index in [-0.39, 0.29) is 5.75 Å². The molecule has 3 rings (SSSR count). The van der Waals surface area contributed by atoms with E-state index in [1.807, 2.05) is 30.3 Å². The van der Waals surface area contributed by atoms with Crippen LogP contribution in [0, 0.1) is 0 Å². The largest absolute Gasteiger partial charge is 0.508 e. The molecule has 0 amide bonds. The third kappa shape index (κ3) is 1.83. The molecular formula is C14H12N2O2.